The highest BCUT2D eigenvalue weighted by atomic mass is 35.5. The van der Waals surface area contributed by atoms with Crippen LogP contribution in [0.15, 0.2) is 89.8 Å². The number of rotatable bonds is 5. The van der Waals surface area contributed by atoms with Crippen LogP contribution in [0.3, 0.4) is 0 Å². The molecule has 128 valence electrons. The van der Waals surface area contributed by atoms with Gasteiger partial charge in [-0.15, -0.1) is 0 Å². The third-order valence-electron chi connectivity index (χ3n) is 4.01. The van der Waals surface area contributed by atoms with Gasteiger partial charge in [0.25, 0.3) is 10.0 Å². The van der Waals surface area contributed by atoms with E-state index in [4.69, 9.17) is 11.6 Å². The third kappa shape index (κ3) is 3.70. The van der Waals surface area contributed by atoms with Crippen LogP contribution in [0.2, 0.25) is 5.02 Å². The second kappa shape index (κ2) is 7.30. The van der Waals surface area contributed by atoms with E-state index in [-0.39, 0.29) is 10.9 Å². The summed E-state index contributed by atoms with van der Waals surface area (Å²) in [6.45, 7) is 1.87. The van der Waals surface area contributed by atoms with Gasteiger partial charge in [0.15, 0.2) is 0 Å². The number of anilines is 1. The minimum absolute atomic E-state index is 0.264. The second-order valence-corrected chi connectivity index (χ2v) is 7.93. The van der Waals surface area contributed by atoms with Crippen molar-refractivity contribution in [2.24, 2.45) is 0 Å². The topological polar surface area (TPSA) is 37.4 Å². The number of para-hydroxylation sites is 1. The molecule has 0 bridgehead atoms. The molecule has 1 atom stereocenters. The first-order chi connectivity index (χ1) is 12.0. The van der Waals surface area contributed by atoms with E-state index in [2.05, 4.69) is 0 Å². The quantitative estimate of drug-likeness (QED) is 0.610. The third-order valence-corrected chi connectivity index (χ3v) is 6.18. The Labute approximate surface area is 153 Å². The van der Waals surface area contributed by atoms with Crippen molar-refractivity contribution in [3.63, 3.8) is 0 Å². The molecule has 0 aliphatic rings. The lowest BCUT2D eigenvalue weighted by Gasteiger charge is -2.31. The first-order valence-electron chi connectivity index (χ1n) is 7.90. The van der Waals surface area contributed by atoms with E-state index < -0.39 is 10.0 Å². The molecule has 25 heavy (non-hydrogen) atoms. The van der Waals surface area contributed by atoms with Crippen LogP contribution in [-0.2, 0) is 10.0 Å². The summed E-state index contributed by atoms with van der Waals surface area (Å²) >= 11 is 5.97. The zero-order valence-electron chi connectivity index (χ0n) is 13.7. The summed E-state index contributed by atoms with van der Waals surface area (Å²) in [5, 5.41) is 0.619. The van der Waals surface area contributed by atoms with E-state index in [1.165, 1.54) is 4.31 Å². The van der Waals surface area contributed by atoms with E-state index >= 15 is 0 Å². The van der Waals surface area contributed by atoms with E-state index in [9.17, 15) is 8.42 Å². The van der Waals surface area contributed by atoms with Crippen molar-refractivity contribution >= 4 is 27.3 Å². The predicted octanol–water partition coefficient (Wildman–Crippen LogP) is 5.30. The SMILES string of the molecule is C[C@@H](c1ccc(Cl)cc1)N(c1ccccc1)S(=O)(=O)c1ccccc1. The standard InChI is InChI=1S/C20H18ClNO2S/c1-16(17-12-14-18(21)15-13-17)22(19-8-4-2-5-9-19)25(23,24)20-10-6-3-7-11-20/h2-16H,1H3/t16-/m0/s1. The summed E-state index contributed by atoms with van der Waals surface area (Å²) in [4.78, 5) is 0.264. The molecule has 0 fully saturated rings. The van der Waals surface area contributed by atoms with Crippen LogP contribution in [0.25, 0.3) is 0 Å². The van der Waals surface area contributed by atoms with E-state index in [0.717, 1.165) is 5.56 Å². The molecular weight excluding hydrogens is 354 g/mol. The smallest absolute Gasteiger partial charge is 0.259 e. The van der Waals surface area contributed by atoms with Crippen molar-refractivity contribution < 1.29 is 8.42 Å². The van der Waals surface area contributed by atoms with Gasteiger partial charge in [0, 0.05) is 5.02 Å². The van der Waals surface area contributed by atoms with Crippen LogP contribution < -0.4 is 4.31 Å². The molecule has 0 spiro atoms. The lowest BCUT2D eigenvalue weighted by Crippen LogP contribution is -2.33. The van der Waals surface area contributed by atoms with Crippen molar-refractivity contribution in [2.75, 3.05) is 4.31 Å². The Hall–Kier alpha value is -2.30. The average Bonchev–Trinajstić information content (AvgIpc) is 2.64. The Balaban J connectivity index is 2.12. The molecule has 5 heteroatoms. The van der Waals surface area contributed by atoms with Crippen molar-refractivity contribution in [2.45, 2.75) is 17.9 Å². The Bertz CT molecular complexity index is 926. The van der Waals surface area contributed by atoms with Crippen LogP contribution >= 0.6 is 11.6 Å². The molecule has 0 radical (unpaired) electrons. The Morgan fingerprint density at radius 3 is 1.88 bits per heavy atom. The van der Waals surface area contributed by atoms with Gasteiger partial charge >= 0.3 is 0 Å². The molecule has 3 aromatic carbocycles. The highest BCUT2D eigenvalue weighted by molar-refractivity contribution is 7.92. The molecule has 0 saturated heterocycles. The van der Waals surface area contributed by atoms with Gasteiger partial charge in [0.05, 0.1) is 16.6 Å². The first-order valence-corrected chi connectivity index (χ1v) is 9.72. The van der Waals surface area contributed by atoms with Gasteiger partial charge in [0.2, 0.25) is 0 Å². The van der Waals surface area contributed by atoms with E-state index in [0.29, 0.717) is 10.7 Å². The summed E-state index contributed by atoms with van der Waals surface area (Å²) in [6, 6.07) is 24.5. The minimum Gasteiger partial charge on any atom is -0.259 e. The zero-order valence-corrected chi connectivity index (χ0v) is 15.3. The van der Waals surface area contributed by atoms with Crippen molar-refractivity contribution in [1.29, 1.82) is 0 Å². The lowest BCUT2D eigenvalue weighted by molar-refractivity contribution is 0.583. The number of halogens is 1. The van der Waals surface area contributed by atoms with Gasteiger partial charge in [-0.1, -0.05) is 60.1 Å². The number of hydrogen-bond donors (Lipinski definition) is 0. The molecule has 3 rings (SSSR count). The van der Waals surface area contributed by atoms with Gasteiger partial charge in [-0.25, -0.2) is 8.42 Å². The maximum absolute atomic E-state index is 13.3. The van der Waals surface area contributed by atoms with E-state index in [1.807, 2.05) is 37.3 Å². The summed E-state index contributed by atoms with van der Waals surface area (Å²) in [5.41, 5.74) is 1.49. The van der Waals surface area contributed by atoms with Crippen LogP contribution in [0.5, 0.6) is 0 Å². The molecular formula is C20H18ClNO2S. The maximum Gasteiger partial charge on any atom is 0.264 e. The molecule has 0 aliphatic heterocycles. The largest absolute Gasteiger partial charge is 0.264 e. The van der Waals surface area contributed by atoms with Gasteiger partial charge < -0.3 is 0 Å². The highest BCUT2D eigenvalue weighted by Crippen LogP contribution is 2.33. The fourth-order valence-electron chi connectivity index (χ4n) is 2.73. The van der Waals surface area contributed by atoms with Gasteiger partial charge in [-0.05, 0) is 48.9 Å². The van der Waals surface area contributed by atoms with Crippen LogP contribution in [0.4, 0.5) is 5.69 Å². The van der Waals surface area contributed by atoms with Gasteiger partial charge in [-0.2, -0.15) is 0 Å². The molecule has 0 N–H and O–H groups in total. The predicted molar refractivity (Wildman–Crippen MR) is 102 cm³/mol. The maximum atomic E-state index is 13.3. The minimum atomic E-state index is -3.71. The number of benzene rings is 3. The molecule has 0 unspecified atom stereocenters. The van der Waals surface area contributed by atoms with Gasteiger partial charge in [0.1, 0.15) is 0 Å². The molecule has 3 aromatic rings. The zero-order chi connectivity index (χ0) is 17.9. The number of nitrogens with zero attached hydrogens (tertiary/aromatic N) is 1. The second-order valence-electron chi connectivity index (χ2n) is 5.68. The normalized spacial score (nSPS) is 12.6. The number of hydrogen-bond acceptors (Lipinski definition) is 2. The van der Waals surface area contributed by atoms with Crippen molar-refractivity contribution in [1.82, 2.24) is 0 Å². The highest BCUT2D eigenvalue weighted by Gasteiger charge is 2.30. The fourth-order valence-corrected chi connectivity index (χ4v) is 4.52. The molecule has 0 amide bonds. The molecule has 0 aromatic heterocycles. The molecule has 0 heterocycles. The number of sulfonamides is 1. The summed E-state index contributed by atoms with van der Waals surface area (Å²) in [6.07, 6.45) is 0. The average molecular weight is 372 g/mol. The van der Waals surface area contributed by atoms with Crippen molar-refractivity contribution in [3.8, 4) is 0 Å². The summed E-state index contributed by atoms with van der Waals surface area (Å²) in [7, 11) is -3.71. The Morgan fingerprint density at radius 2 is 1.32 bits per heavy atom. The first kappa shape index (κ1) is 17.5. The van der Waals surface area contributed by atoms with E-state index in [1.54, 1.807) is 54.6 Å². The lowest BCUT2D eigenvalue weighted by atomic mass is 10.1. The molecule has 0 saturated carbocycles. The fraction of sp³-hybridized carbons (Fsp3) is 0.100. The summed E-state index contributed by atoms with van der Waals surface area (Å²) < 4.78 is 28.1. The molecule has 0 aliphatic carbocycles. The van der Waals surface area contributed by atoms with Crippen LogP contribution in [0, 0.1) is 0 Å². The van der Waals surface area contributed by atoms with Gasteiger partial charge in [-0.3, -0.25) is 4.31 Å². The van der Waals surface area contributed by atoms with Crippen LogP contribution in [-0.4, -0.2) is 8.42 Å². The molecule has 3 nitrogen and oxygen atoms in total. The summed E-state index contributed by atoms with van der Waals surface area (Å²) in [5.74, 6) is 0. The van der Waals surface area contributed by atoms with Crippen molar-refractivity contribution in [3.05, 3.63) is 95.5 Å². The van der Waals surface area contributed by atoms with Crippen LogP contribution in [0.1, 0.15) is 18.5 Å². The Kier molecular flexibility index (Phi) is 5.11. The Morgan fingerprint density at radius 1 is 0.800 bits per heavy atom. The monoisotopic (exact) mass is 371 g/mol.